The van der Waals surface area contributed by atoms with Crippen molar-refractivity contribution in [1.82, 2.24) is 0 Å². The molecule has 0 spiro atoms. The van der Waals surface area contributed by atoms with Crippen LogP contribution < -0.4 is 10.0 Å². The van der Waals surface area contributed by atoms with E-state index in [0.29, 0.717) is 5.75 Å². The highest BCUT2D eigenvalue weighted by Gasteiger charge is 2.15. The highest BCUT2D eigenvalue weighted by molar-refractivity contribution is 7.43. The summed E-state index contributed by atoms with van der Waals surface area (Å²) in [5, 5.41) is 4.49. The summed E-state index contributed by atoms with van der Waals surface area (Å²) in [7, 11) is -1.98. The Balaban J connectivity index is 2.10. The van der Waals surface area contributed by atoms with Gasteiger partial charge < -0.3 is 9.42 Å². The molecule has 0 aliphatic rings. The molecule has 118 valence electrons. The molecular weight excluding hydrogens is 317 g/mol. The summed E-state index contributed by atoms with van der Waals surface area (Å²) in [6.07, 6.45) is 0. The molecule has 0 aliphatic carbocycles. The Morgan fingerprint density at radius 3 is 2.08 bits per heavy atom. The van der Waals surface area contributed by atoms with Crippen molar-refractivity contribution in [1.29, 1.82) is 0 Å². The molecule has 0 aliphatic heterocycles. The molecule has 0 bridgehead atoms. The third-order valence-corrected chi connectivity index (χ3v) is 4.53. The van der Waals surface area contributed by atoms with E-state index in [1.165, 1.54) is 0 Å². The van der Waals surface area contributed by atoms with Crippen molar-refractivity contribution in [2.24, 2.45) is 5.50 Å². The molecule has 0 saturated heterocycles. The molecule has 1 atom stereocenters. The molecule has 4 rings (SSSR count). The van der Waals surface area contributed by atoms with Gasteiger partial charge in [-0.3, -0.25) is 5.50 Å². The number of nitrogens with two attached hydrogens (primary N) is 1. The summed E-state index contributed by atoms with van der Waals surface area (Å²) >= 11 is 0. The van der Waals surface area contributed by atoms with E-state index in [2.05, 4.69) is 36.4 Å². The predicted octanol–water partition coefficient (Wildman–Crippen LogP) is 5.22. The summed E-state index contributed by atoms with van der Waals surface area (Å²) in [6.45, 7) is 0. The van der Waals surface area contributed by atoms with Crippen LogP contribution in [0.15, 0.2) is 78.9 Å². The minimum atomic E-state index is -1.98. The van der Waals surface area contributed by atoms with E-state index >= 15 is 0 Å². The monoisotopic (exact) mass is 333 g/mol. The Bertz CT molecular complexity index is 1020. The van der Waals surface area contributed by atoms with Crippen molar-refractivity contribution < 1.29 is 9.42 Å². The number of hydrogen-bond acceptors (Lipinski definition) is 3. The number of fused-ring (bicyclic) bond motifs is 2. The van der Waals surface area contributed by atoms with Gasteiger partial charge in [-0.05, 0) is 33.2 Å². The maximum Gasteiger partial charge on any atom is 0.312 e. The molecule has 0 heterocycles. The summed E-state index contributed by atoms with van der Waals surface area (Å²) in [4.78, 5) is 9.58. The number of benzene rings is 4. The highest BCUT2D eigenvalue weighted by Crippen LogP contribution is 2.43. The van der Waals surface area contributed by atoms with Crippen LogP contribution in [0.4, 0.5) is 0 Å². The van der Waals surface area contributed by atoms with E-state index in [0.717, 1.165) is 32.7 Å². The second-order valence-electron chi connectivity index (χ2n) is 5.58. The van der Waals surface area contributed by atoms with Crippen LogP contribution in [0.3, 0.4) is 0 Å². The minimum absolute atomic E-state index is 0.598. The van der Waals surface area contributed by atoms with Gasteiger partial charge in [0.2, 0.25) is 0 Å². The maximum atomic E-state index is 9.58. The summed E-state index contributed by atoms with van der Waals surface area (Å²) in [6, 6.07) is 26.4. The van der Waals surface area contributed by atoms with Crippen molar-refractivity contribution in [3.63, 3.8) is 0 Å². The van der Waals surface area contributed by atoms with Crippen LogP contribution in [-0.4, -0.2) is 4.89 Å². The zero-order valence-electron chi connectivity index (χ0n) is 12.9. The van der Waals surface area contributed by atoms with Crippen LogP contribution in [-0.2, 0) is 0 Å². The highest BCUT2D eigenvalue weighted by atomic mass is 31.2. The average Bonchev–Trinajstić information content (AvgIpc) is 2.61. The van der Waals surface area contributed by atoms with Crippen molar-refractivity contribution in [2.45, 2.75) is 0 Å². The lowest BCUT2D eigenvalue weighted by molar-refractivity contribution is 0.489. The fourth-order valence-electron chi connectivity index (χ4n) is 3.15. The molecule has 0 unspecified atom stereocenters. The van der Waals surface area contributed by atoms with Crippen LogP contribution in [0, 0.1) is 0 Å². The molecule has 0 fully saturated rings. The van der Waals surface area contributed by atoms with E-state index in [9.17, 15) is 4.89 Å². The molecular formula is C20H16NO2P. The van der Waals surface area contributed by atoms with E-state index in [4.69, 9.17) is 10.0 Å². The van der Waals surface area contributed by atoms with Gasteiger partial charge in [0.25, 0.3) is 0 Å². The zero-order valence-corrected chi connectivity index (χ0v) is 13.8. The fourth-order valence-corrected chi connectivity index (χ4v) is 3.50. The summed E-state index contributed by atoms with van der Waals surface area (Å²) in [5.41, 5.74) is 7.55. The van der Waals surface area contributed by atoms with Crippen molar-refractivity contribution in [3.05, 3.63) is 78.9 Å². The minimum Gasteiger partial charge on any atom is -0.435 e. The van der Waals surface area contributed by atoms with Gasteiger partial charge in [-0.15, -0.1) is 0 Å². The average molecular weight is 333 g/mol. The molecule has 3 N–H and O–H groups in total. The second kappa shape index (κ2) is 6.21. The molecule has 4 heteroatoms. The van der Waals surface area contributed by atoms with Gasteiger partial charge in [-0.25, -0.2) is 0 Å². The molecule has 4 aromatic rings. The van der Waals surface area contributed by atoms with Crippen molar-refractivity contribution in [3.8, 4) is 16.9 Å². The lowest BCUT2D eigenvalue weighted by atomic mass is 9.93. The summed E-state index contributed by atoms with van der Waals surface area (Å²) < 4.78 is 5.55. The first kappa shape index (κ1) is 15.1. The number of rotatable bonds is 3. The Hall–Kier alpha value is -2.45. The molecule has 0 saturated carbocycles. The predicted molar refractivity (Wildman–Crippen MR) is 101 cm³/mol. The first-order valence-electron chi connectivity index (χ1n) is 7.65. The van der Waals surface area contributed by atoms with Crippen LogP contribution in [0.2, 0.25) is 0 Å². The van der Waals surface area contributed by atoms with Gasteiger partial charge in [0.1, 0.15) is 5.75 Å². The molecule has 0 aromatic heterocycles. The molecule has 4 aromatic carbocycles. The third-order valence-electron chi connectivity index (χ3n) is 4.14. The standard InChI is InChI=1S/C20H16NO2P/c21-24(22)23-19-13-12-15-7-2-4-10-17(15)20(19)18-11-5-8-14-6-1-3-9-16(14)18/h1-13,22H,21H2/t24-/m1/s1. The lowest BCUT2D eigenvalue weighted by Crippen LogP contribution is -1.97. The largest absolute Gasteiger partial charge is 0.435 e. The smallest absolute Gasteiger partial charge is 0.312 e. The second-order valence-corrected chi connectivity index (χ2v) is 6.37. The van der Waals surface area contributed by atoms with Gasteiger partial charge in [-0.1, -0.05) is 72.8 Å². The normalized spacial score (nSPS) is 12.4. The summed E-state index contributed by atoms with van der Waals surface area (Å²) in [5.74, 6) is 0.598. The third kappa shape index (κ3) is 2.63. The Labute approximate surface area is 141 Å². The Morgan fingerprint density at radius 2 is 1.33 bits per heavy atom. The van der Waals surface area contributed by atoms with E-state index in [1.54, 1.807) is 0 Å². The molecule has 0 radical (unpaired) electrons. The van der Waals surface area contributed by atoms with Crippen LogP contribution in [0.5, 0.6) is 5.75 Å². The van der Waals surface area contributed by atoms with Gasteiger partial charge in [0.15, 0.2) is 0 Å². The van der Waals surface area contributed by atoms with E-state index in [1.807, 2.05) is 42.5 Å². The molecule has 0 amide bonds. The quantitative estimate of drug-likeness (QED) is 0.506. The van der Waals surface area contributed by atoms with Crippen molar-refractivity contribution >= 4 is 30.1 Å². The SMILES string of the molecule is N[P@](O)Oc1ccc2ccccc2c1-c1cccc2ccccc12. The van der Waals surface area contributed by atoms with E-state index in [-0.39, 0.29) is 0 Å². The molecule has 3 nitrogen and oxygen atoms in total. The van der Waals surface area contributed by atoms with Gasteiger partial charge in [0.05, 0.1) is 0 Å². The zero-order chi connectivity index (χ0) is 16.5. The van der Waals surface area contributed by atoms with E-state index < -0.39 is 8.53 Å². The van der Waals surface area contributed by atoms with Crippen LogP contribution >= 0.6 is 8.53 Å². The number of hydrogen-bond donors (Lipinski definition) is 2. The van der Waals surface area contributed by atoms with Gasteiger partial charge in [0, 0.05) is 5.56 Å². The van der Waals surface area contributed by atoms with Crippen LogP contribution in [0.1, 0.15) is 0 Å². The first-order chi connectivity index (χ1) is 11.7. The Morgan fingerprint density at radius 1 is 0.708 bits per heavy atom. The first-order valence-corrected chi connectivity index (χ1v) is 8.94. The Kier molecular flexibility index (Phi) is 3.91. The topological polar surface area (TPSA) is 55.5 Å². The fraction of sp³-hybridized carbons (Fsp3) is 0. The van der Waals surface area contributed by atoms with Gasteiger partial charge >= 0.3 is 8.53 Å². The molecule has 24 heavy (non-hydrogen) atoms. The van der Waals surface area contributed by atoms with Crippen LogP contribution in [0.25, 0.3) is 32.7 Å². The van der Waals surface area contributed by atoms with Gasteiger partial charge in [-0.2, -0.15) is 0 Å². The maximum absolute atomic E-state index is 9.58. The van der Waals surface area contributed by atoms with Crippen molar-refractivity contribution in [2.75, 3.05) is 0 Å². The lowest BCUT2D eigenvalue weighted by Gasteiger charge is -2.16.